The molecule has 0 spiro atoms. The summed E-state index contributed by atoms with van der Waals surface area (Å²) in [5.41, 5.74) is 0. The molecular formula is C7H7KO3. The van der Waals surface area contributed by atoms with Crippen molar-refractivity contribution in [3.8, 4) is 5.75 Å². The van der Waals surface area contributed by atoms with E-state index in [-0.39, 0.29) is 52.8 Å². The number of hydrogen-bond acceptors (Lipinski definition) is 2. The summed E-state index contributed by atoms with van der Waals surface area (Å²) < 4.78 is 4.33. The van der Waals surface area contributed by atoms with Gasteiger partial charge in [0.1, 0.15) is 5.75 Å². The Morgan fingerprint density at radius 2 is 1.91 bits per heavy atom. The van der Waals surface area contributed by atoms with E-state index in [0.717, 1.165) is 0 Å². The first-order chi connectivity index (χ1) is 4.79. The SMILES string of the molecule is O=C(O)Oc1ccccc1.[H-].[K+]. The maximum atomic E-state index is 9.95. The topological polar surface area (TPSA) is 46.5 Å². The fourth-order valence-electron chi connectivity index (χ4n) is 0.589. The number of ether oxygens (including phenoxy) is 1. The second-order valence-corrected chi connectivity index (χ2v) is 1.68. The third-order valence-electron chi connectivity index (χ3n) is 0.948. The molecule has 0 aromatic heterocycles. The molecule has 0 aliphatic rings. The van der Waals surface area contributed by atoms with Gasteiger partial charge in [0.15, 0.2) is 0 Å². The molecule has 0 aliphatic carbocycles. The van der Waals surface area contributed by atoms with Gasteiger partial charge in [-0.15, -0.1) is 0 Å². The van der Waals surface area contributed by atoms with Crippen LogP contribution in [-0.4, -0.2) is 11.3 Å². The Morgan fingerprint density at radius 3 is 2.36 bits per heavy atom. The molecule has 0 amide bonds. The van der Waals surface area contributed by atoms with E-state index in [9.17, 15) is 4.79 Å². The number of hydrogen-bond donors (Lipinski definition) is 1. The van der Waals surface area contributed by atoms with E-state index >= 15 is 0 Å². The Hall–Kier alpha value is 0.126. The van der Waals surface area contributed by atoms with Crippen molar-refractivity contribution in [2.24, 2.45) is 0 Å². The van der Waals surface area contributed by atoms with Crippen molar-refractivity contribution in [3.05, 3.63) is 30.3 Å². The molecule has 1 aromatic carbocycles. The van der Waals surface area contributed by atoms with Crippen LogP contribution in [0.3, 0.4) is 0 Å². The molecule has 4 heteroatoms. The Labute approximate surface area is 108 Å². The predicted octanol–water partition coefficient (Wildman–Crippen LogP) is -1.14. The first-order valence-corrected chi connectivity index (χ1v) is 2.75. The molecule has 0 unspecified atom stereocenters. The van der Waals surface area contributed by atoms with Gasteiger partial charge in [0, 0.05) is 0 Å². The van der Waals surface area contributed by atoms with Crippen LogP contribution in [0.25, 0.3) is 0 Å². The normalized spacial score (nSPS) is 8.00. The van der Waals surface area contributed by atoms with Crippen molar-refractivity contribution in [2.75, 3.05) is 0 Å². The summed E-state index contributed by atoms with van der Waals surface area (Å²) >= 11 is 0. The molecular weight excluding hydrogens is 171 g/mol. The van der Waals surface area contributed by atoms with Crippen LogP contribution in [0.15, 0.2) is 30.3 Å². The average molecular weight is 178 g/mol. The molecule has 0 atom stereocenters. The van der Waals surface area contributed by atoms with Crippen molar-refractivity contribution >= 4 is 6.16 Å². The fourth-order valence-corrected chi connectivity index (χ4v) is 0.589. The Bertz CT molecular complexity index is 227. The van der Waals surface area contributed by atoms with E-state index in [1.54, 1.807) is 30.3 Å². The molecule has 0 fully saturated rings. The molecule has 54 valence electrons. The van der Waals surface area contributed by atoms with E-state index in [2.05, 4.69) is 4.74 Å². The van der Waals surface area contributed by atoms with Gasteiger partial charge in [-0.1, -0.05) is 18.2 Å². The molecule has 0 saturated heterocycles. The van der Waals surface area contributed by atoms with Gasteiger partial charge in [-0.25, -0.2) is 4.79 Å². The molecule has 11 heavy (non-hydrogen) atoms. The van der Waals surface area contributed by atoms with Crippen molar-refractivity contribution in [1.29, 1.82) is 0 Å². The zero-order valence-electron chi connectivity index (χ0n) is 7.15. The van der Waals surface area contributed by atoms with E-state index in [1.165, 1.54) is 0 Å². The van der Waals surface area contributed by atoms with Gasteiger partial charge in [-0.05, 0) is 12.1 Å². The quantitative estimate of drug-likeness (QED) is 0.336. The number of benzene rings is 1. The van der Waals surface area contributed by atoms with E-state index in [1.807, 2.05) is 0 Å². The van der Waals surface area contributed by atoms with Crippen LogP contribution < -0.4 is 56.1 Å². The van der Waals surface area contributed by atoms with E-state index in [0.29, 0.717) is 5.75 Å². The largest absolute Gasteiger partial charge is 1.00 e. The zero-order chi connectivity index (χ0) is 7.40. The molecule has 1 N–H and O–H groups in total. The summed E-state index contributed by atoms with van der Waals surface area (Å²) in [4.78, 5) is 9.95. The van der Waals surface area contributed by atoms with E-state index < -0.39 is 6.16 Å². The van der Waals surface area contributed by atoms with Crippen LogP contribution in [0.2, 0.25) is 0 Å². The summed E-state index contributed by atoms with van der Waals surface area (Å²) in [6.07, 6.45) is -1.29. The minimum Gasteiger partial charge on any atom is -1.00 e. The number of carbonyl (C=O) groups is 1. The van der Waals surface area contributed by atoms with Crippen LogP contribution in [0.4, 0.5) is 4.79 Å². The third kappa shape index (κ3) is 4.55. The first-order valence-electron chi connectivity index (χ1n) is 2.75. The minimum atomic E-state index is -1.29. The molecule has 0 radical (unpaired) electrons. The monoisotopic (exact) mass is 178 g/mol. The zero-order valence-corrected chi connectivity index (χ0v) is 9.27. The molecule has 1 aromatic rings. The fraction of sp³-hybridized carbons (Fsp3) is 0. The first kappa shape index (κ1) is 11.1. The second kappa shape index (κ2) is 5.74. The van der Waals surface area contributed by atoms with E-state index in [4.69, 9.17) is 5.11 Å². The van der Waals surface area contributed by atoms with Crippen molar-refractivity contribution < 1.29 is 67.4 Å². The molecule has 1 rings (SSSR count). The standard InChI is InChI=1S/C7H6O3.K.H/c8-7(9)10-6-4-2-1-3-5-6;;/h1-5H,(H,8,9);;/q;+1;-1. The van der Waals surface area contributed by atoms with Gasteiger partial charge in [0.05, 0.1) is 0 Å². The Morgan fingerprint density at radius 1 is 1.36 bits per heavy atom. The predicted molar refractivity (Wildman–Crippen MR) is 36.2 cm³/mol. The van der Waals surface area contributed by atoms with Gasteiger partial charge in [0.25, 0.3) is 0 Å². The summed E-state index contributed by atoms with van der Waals surface area (Å²) in [6.45, 7) is 0. The number of carboxylic acid groups (broad SMARTS) is 1. The molecule has 0 aliphatic heterocycles. The van der Waals surface area contributed by atoms with Gasteiger partial charge >= 0.3 is 57.5 Å². The maximum Gasteiger partial charge on any atom is 1.00 e. The average Bonchev–Trinajstić information content (AvgIpc) is 1.88. The summed E-state index contributed by atoms with van der Waals surface area (Å²) in [5, 5.41) is 8.14. The van der Waals surface area contributed by atoms with Crippen LogP contribution >= 0.6 is 0 Å². The molecule has 0 saturated carbocycles. The van der Waals surface area contributed by atoms with Crippen LogP contribution in [0.5, 0.6) is 5.75 Å². The second-order valence-electron chi connectivity index (χ2n) is 1.68. The number of rotatable bonds is 1. The van der Waals surface area contributed by atoms with Gasteiger partial charge < -0.3 is 11.3 Å². The summed E-state index contributed by atoms with van der Waals surface area (Å²) in [5.74, 6) is 0.343. The molecule has 0 bridgehead atoms. The number of para-hydroxylation sites is 1. The van der Waals surface area contributed by atoms with Crippen molar-refractivity contribution in [2.45, 2.75) is 0 Å². The van der Waals surface area contributed by atoms with Gasteiger partial charge in [-0.2, -0.15) is 0 Å². The van der Waals surface area contributed by atoms with Crippen molar-refractivity contribution in [1.82, 2.24) is 0 Å². The molecule has 0 heterocycles. The van der Waals surface area contributed by atoms with Crippen LogP contribution in [0, 0.1) is 0 Å². The summed E-state index contributed by atoms with van der Waals surface area (Å²) in [6, 6.07) is 8.35. The van der Waals surface area contributed by atoms with Crippen molar-refractivity contribution in [3.63, 3.8) is 0 Å². The van der Waals surface area contributed by atoms with Crippen LogP contribution in [-0.2, 0) is 0 Å². The molecule has 3 nitrogen and oxygen atoms in total. The van der Waals surface area contributed by atoms with Gasteiger partial charge in [0.2, 0.25) is 0 Å². The Balaban J connectivity index is 0. The maximum absolute atomic E-state index is 9.95. The minimum absolute atomic E-state index is 0. The smallest absolute Gasteiger partial charge is 1.00 e. The Kier molecular flexibility index (Phi) is 5.80. The third-order valence-corrected chi connectivity index (χ3v) is 0.948. The van der Waals surface area contributed by atoms with Gasteiger partial charge in [-0.3, -0.25) is 0 Å². The van der Waals surface area contributed by atoms with Crippen LogP contribution in [0.1, 0.15) is 1.43 Å². The summed E-state index contributed by atoms with van der Waals surface area (Å²) in [7, 11) is 0.